The largest absolute Gasteiger partial charge is 0.476 e. The van der Waals surface area contributed by atoms with E-state index in [4.69, 9.17) is 4.74 Å². The van der Waals surface area contributed by atoms with Crippen LogP contribution in [0.1, 0.15) is 5.56 Å². The van der Waals surface area contributed by atoms with E-state index in [1.807, 2.05) is 42.5 Å². The van der Waals surface area contributed by atoms with Gasteiger partial charge in [-0.15, -0.1) is 0 Å². The molecule has 1 aliphatic heterocycles. The number of nitrogens with one attached hydrogen (secondary N) is 1. The molecule has 144 valence electrons. The number of sulfonamides is 1. The highest BCUT2D eigenvalue weighted by Crippen LogP contribution is 2.34. The van der Waals surface area contributed by atoms with Crippen LogP contribution in [0.25, 0.3) is 10.8 Å². The van der Waals surface area contributed by atoms with Gasteiger partial charge in [-0.25, -0.2) is 8.42 Å². The van der Waals surface area contributed by atoms with E-state index < -0.39 is 16.1 Å². The lowest BCUT2D eigenvalue weighted by molar-refractivity contribution is -0.127. The van der Waals surface area contributed by atoms with Gasteiger partial charge in [0.05, 0.1) is 18.5 Å². The van der Waals surface area contributed by atoms with Crippen LogP contribution in [0.15, 0.2) is 66.7 Å². The summed E-state index contributed by atoms with van der Waals surface area (Å²) in [4.78, 5) is 12.7. The van der Waals surface area contributed by atoms with E-state index >= 15 is 0 Å². The Balaban J connectivity index is 1.54. The Morgan fingerprint density at radius 2 is 1.79 bits per heavy atom. The minimum Gasteiger partial charge on any atom is -0.476 e. The number of ether oxygens (including phenoxy) is 1. The Bertz CT molecular complexity index is 1140. The number of carbonyl (C=O) groups is 1. The van der Waals surface area contributed by atoms with Crippen molar-refractivity contribution in [3.63, 3.8) is 0 Å². The first-order chi connectivity index (χ1) is 13.4. The molecule has 4 rings (SSSR count). The van der Waals surface area contributed by atoms with Crippen molar-refractivity contribution < 1.29 is 17.9 Å². The highest BCUT2D eigenvalue weighted by molar-refractivity contribution is 7.92. The second-order valence-electron chi connectivity index (χ2n) is 6.72. The molecule has 1 aliphatic rings. The van der Waals surface area contributed by atoms with Crippen molar-refractivity contribution in [3.05, 3.63) is 72.3 Å². The van der Waals surface area contributed by atoms with Crippen molar-refractivity contribution in [2.24, 2.45) is 0 Å². The maximum absolute atomic E-state index is 12.7. The zero-order valence-electron chi connectivity index (χ0n) is 15.3. The maximum Gasteiger partial charge on any atom is 0.263 e. The van der Waals surface area contributed by atoms with Gasteiger partial charge in [0.25, 0.3) is 5.91 Å². The molecule has 1 N–H and O–H groups in total. The number of rotatable bonds is 4. The van der Waals surface area contributed by atoms with Crippen LogP contribution in [-0.4, -0.2) is 33.2 Å². The third-order valence-corrected chi connectivity index (χ3v) is 5.91. The number of benzene rings is 3. The first-order valence-corrected chi connectivity index (χ1v) is 10.8. The lowest BCUT2D eigenvalue weighted by atomic mass is 10.0. The van der Waals surface area contributed by atoms with Crippen LogP contribution >= 0.6 is 0 Å². The van der Waals surface area contributed by atoms with Gasteiger partial charge in [-0.05, 0) is 28.5 Å². The summed E-state index contributed by atoms with van der Waals surface area (Å²) in [6.45, 7) is 0.276. The van der Waals surface area contributed by atoms with Gasteiger partial charge in [-0.1, -0.05) is 54.6 Å². The SMILES string of the molecule is CS(=O)(=O)N1CC(C(=O)NCc2cccc3ccccc23)Oc2ccccc21. The van der Waals surface area contributed by atoms with Crippen molar-refractivity contribution in [1.29, 1.82) is 0 Å². The quantitative estimate of drug-likeness (QED) is 0.736. The molecule has 7 heteroatoms. The van der Waals surface area contributed by atoms with Crippen molar-refractivity contribution in [3.8, 4) is 5.75 Å². The molecule has 3 aromatic carbocycles. The predicted octanol–water partition coefficient (Wildman–Crippen LogP) is 2.68. The number of hydrogen-bond acceptors (Lipinski definition) is 4. The predicted molar refractivity (Wildman–Crippen MR) is 109 cm³/mol. The fourth-order valence-corrected chi connectivity index (χ4v) is 4.31. The van der Waals surface area contributed by atoms with Crippen molar-refractivity contribution in [1.82, 2.24) is 5.32 Å². The van der Waals surface area contributed by atoms with Crippen LogP contribution in [0.4, 0.5) is 5.69 Å². The van der Waals surface area contributed by atoms with Crippen molar-refractivity contribution >= 4 is 32.4 Å². The first kappa shape index (κ1) is 18.3. The molecule has 6 nitrogen and oxygen atoms in total. The van der Waals surface area contributed by atoms with E-state index in [2.05, 4.69) is 5.32 Å². The summed E-state index contributed by atoms with van der Waals surface area (Å²) in [6.07, 6.45) is 0.208. The lowest BCUT2D eigenvalue weighted by Crippen LogP contribution is -2.50. The number of hydrogen-bond donors (Lipinski definition) is 1. The molecule has 0 fully saturated rings. The summed E-state index contributed by atoms with van der Waals surface area (Å²) in [5.41, 5.74) is 1.44. The summed E-state index contributed by atoms with van der Waals surface area (Å²) in [5.74, 6) is 0.0283. The second kappa shape index (κ2) is 7.16. The molecule has 0 saturated carbocycles. The molecule has 1 unspecified atom stereocenters. The van der Waals surface area contributed by atoms with E-state index in [-0.39, 0.29) is 12.5 Å². The van der Waals surface area contributed by atoms with Crippen LogP contribution in [0.3, 0.4) is 0 Å². The van der Waals surface area contributed by atoms with E-state index in [0.717, 1.165) is 22.6 Å². The standard InChI is InChI=1S/C21H20N2O4S/c1-28(25,26)23-14-20(27-19-12-5-4-11-18(19)23)21(24)22-13-16-9-6-8-15-7-2-3-10-17(15)16/h2-12,20H,13-14H2,1H3,(H,22,24). The summed E-state index contributed by atoms with van der Waals surface area (Å²) >= 11 is 0. The minimum absolute atomic E-state index is 0.0583. The summed E-state index contributed by atoms with van der Waals surface area (Å²) in [6, 6.07) is 20.7. The number of amides is 1. The fraction of sp³-hybridized carbons (Fsp3) is 0.190. The Hall–Kier alpha value is -3.06. The Morgan fingerprint density at radius 1 is 1.07 bits per heavy atom. The molecule has 0 radical (unpaired) electrons. The molecule has 0 saturated heterocycles. The zero-order chi connectivity index (χ0) is 19.7. The van der Waals surface area contributed by atoms with Crippen LogP contribution in [0.5, 0.6) is 5.75 Å². The molecular formula is C21H20N2O4S. The highest BCUT2D eigenvalue weighted by atomic mass is 32.2. The summed E-state index contributed by atoms with van der Waals surface area (Å²) in [7, 11) is -3.53. The van der Waals surface area contributed by atoms with Crippen LogP contribution < -0.4 is 14.4 Å². The van der Waals surface area contributed by atoms with Gasteiger partial charge in [0.2, 0.25) is 10.0 Å². The van der Waals surface area contributed by atoms with E-state index in [9.17, 15) is 13.2 Å². The monoisotopic (exact) mass is 396 g/mol. The molecule has 0 aliphatic carbocycles. The first-order valence-electron chi connectivity index (χ1n) is 8.91. The smallest absolute Gasteiger partial charge is 0.263 e. The number of carbonyl (C=O) groups excluding carboxylic acids is 1. The molecule has 28 heavy (non-hydrogen) atoms. The Kier molecular flexibility index (Phi) is 4.68. The molecule has 0 spiro atoms. The maximum atomic E-state index is 12.7. The average Bonchev–Trinajstić information content (AvgIpc) is 2.70. The van der Waals surface area contributed by atoms with Gasteiger partial charge in [-0.3, -0.25) is 9.10 Å². The Labute approximate surface area is 163 Å². The average molecular weight is 396 g/mol. The van der Waals surface area contributed by atoms with Crippen LogP contribution in [0.2, 0.25) is 0 Å². The zero-order valence-corrected chi connectivity index (χ0v) is 16.1. The molecule has 3 aromatic rings. The lowest BCUT2D eigenvalue weighted by Gasteiger charge is -2.33. The molecule has 1 heterocycles. The number of fused-ring (bicyclic) bond motifs is 2. The highest BCUT2D eigenvalue weighted by Gasteiger charge is 2.34. The van der Waals surface area contributed by atoms with E-state index in [1.54, 1.807) is 24.3 Å². The van der Waals surface area contributed by atoms with Crippen molar-refractivity contribution in [2.45, 2.75) is 12.6 Å². The number of nitrogens with zero attached hydrogens (tertiary/aromatic N) is 1. The normalized spacial score (nSPS) is 16.3. The molecule has 0 aromatic heterocycles. The fourth-order valence-electron chi connectivity index (χ4n) is 3.40. The molecule has 0 bridgehead atoms. The van der Waals surface area contributed by atoms with Crippen LogP contribution in [0, 0.1) is 0 Å². The van der Waals surface area contributed by atoms with Gasteiger partial charge in [0.1, 0.15) is 5.75 Å². The molecule has 1 amide bonds. The third kappa shape index (κ3) is 3.53. The van der Waals surface area contributed by atoms with Gasteiger partial charge in [0, 0.05) is 6.54 Å². The van der Waals surface area contributed by atoms with Crippen molar-refractivity contribution in [2.75, 3.05) is 17.1 Å². The summed E-state index contributed by atoms with van der Waals surface area (Å²) < 4.78 is 31.4. The molecular weight excluding hydrogens is 376 g/mol. The summed E-state index contributed by atoms with van der Waals surface area (Å²) in [5, 5.41) is 5.04. The van der Waals surface area contributed by atoms with Gasteiger partial charge < -0.3 is 10.1 Å². The second-order valence-corrected chi connectivity index (χ2v) is 8.63. The van der Waals surface area contributed by atoms with E-state index in [1.165, 1.54) is 4.31 Å². The number of anilines is 1. The minimum atomic E-state index is -3.53. The Morgan fingerprint density at radius 3 is 2.61 bits per heavy atom. The van der Waals surface area contributed by atoms with Gasteiger partial charge in [-0.2, -0.15) is 0 Å². The number of para-hydroxylation sites is 2. The van der Waals surface area contributed by atoms with Gasteiger partial charge in [0.15, 0.2) is 6.10 Å². The van der Waals surface area contributed by atoms with Crippen LogP contribution in [-0.2, 0) is 21.4 Å². The van der Waals surface area contributed by atoms with E-state index in [0.29, 0.717) is 18.0 Å². The van der Waals surface area contributed by atoms with Gasteiger partial charge >= 0.3 is 0 Å². The third-order valence-electron chi connectivity index (χ3n) is 4.76. The molecule has 1 atom stereocenters. The topological polar surface area (TPSA) is 75.7 Å².